The Morgan fingerprint density at radius 2 is 1.54 bits per heavy atom. The molecule has 3 rings (SSSR count). The monoisotopic (exact) mass is 395 g/mol. The third-order valence-electron chi connectivity index (χ3n) is 3.87. The summed E-state index contributed by atoms with van der Waals surface area (Å²) in [6.45, 7) is 0. The predicted octanol–water partition coefficient (Wildman–Crippen LogP) is 3.80. The number of amides is 2. The second kappa shape index (κ2) is 9.66. The topological polar surface area (TPSA) is 72.4 Å². The summed E-state index contributed by atoms with van der Waals surface area (Å²) in [5.41, 5.74) is 2.38. The van der Waals surface area contributed by atoms with Crippen LogP contribution in [0.3, 0.4) is 0 Å². The highest BCUT2D eigenvalue weighted by molar-refractivity contribution is 8.00. The first-order valence-electron chi connectivity index (χ1n) is 8.69. The SMILES string of the molecule is COc1ccc(NC(=O)CSCC(=O)Nc2cccc(-n3cccc3)c2)cc1. The molecule has 0 aliphatic rings. The molecule has 2 aromatic carbocycles. The number of rotatable bonds is 8. The number of carbonyl (C=O) groups excluding carboxylic acids is 2. The van der Waals surface area contributed by atoms with E-state index in [1.54, 1.807) is 31.4 Å². The van der Waals surface area contributed by atoms with Gasteiger partial charge in [0.2, 0.25) is 11.8 Å². The molecule has 1 heterocycles. The lowest BCUT2D eigenvalue weighted by Crippen LogP contribution is -2.18. The van der Waals surface area contributed by atoms with Gasteiger partial charge in [-0.1, -0.05) is 6.07 Å². The van der Waals surface area contributed by atoms with Crippen molar-refractivity contribution in [3.8, 4) is 11.4 Å². The normalized spacial score (nSPS) is 10.3. The van der Waals surface area contributed by atoms with Crippen LogP contribution in [0.5, 0.6) is 5.75 Å². The molecule has 1 aromatic heterocycles. The van der Waals surface area contributed by atoms with Crippen LogP contribution in [0.1, 0.15) is 0 Å². The number of anilines is 2. The number of hydrogen-bond donors (Lipinski definition) is 2. The van der Waals surface area contributed by atoms with Crippen molar-refractivity contribution in [2.24, 2.45) is 0 Å². The molecule has 3 aromatic rings. The summed E-state index contributed by atoms with van der Waals surface area (Å²) in [7, 11) is 1.59. The van der Waals surface area contributed by atoms with Crippen molar-refractivity contribution in [1.29, 1.82) is 0 Å². The lowest BCUT2D eigenvalue weighted by Gasteiger charge is -2.09. The largest absolute Gasteiger partial charge is 0.497 e. The molecule has 28 heavy (non-hydrogen) atoms. The summed E-state index contributed by atoms with van der Waals surface area (Å²) in [6.07, 6.45) is 3.89. The predicted molar refractivity (Wildman–Crippen MR) is 113 cm³/mol. The van der Waals surface area contributed by atoms with Gasteiger partial charge in [0.25, 0.3) is 0 Å². The van der Waals surface area contributed by atoms with Gasteiger partial charge in [-0.15, -0.1) is 11.8 Å². The molecule has 144 valence electrons. The molecular formula is C21H21N3O3S. The molecule has 2 amide bonds. The van der Waals surface area contributed by atoms with Gasteiger partial charge >= 0.3 is 0 Å². The van der Waals surface area contributed by atoms with Gasteiger partial charge in [-0.2, -0.15) is 0 Å². The highest BCUT2D eigenvalue weighted by atomic mass is 32.2. The van der Waals surface area contributed by atoms with E-state index in [-0.39, 0.29) is 23.3 Å². The zero-order valence-electron chi connectivity index (χ0n) is 15.4. The summed E-state index contributed by atoms with van der Waals surface area (Å²) < 4.78 is 7.05. The highest BCUT2D eigenvalue weighted by Crippen LogP contribution is 2.17. The second-order valence-corrected chi connectivity index (χ2v) is 6.94. The molecule has 2 N–H and O–H groups in total. The fraction of sp³-hybridized carbons (Fsp3) is 0.143. The standard InChI is InChI=1S/C21H21N3O3S/c1-27-19-9-7-16(8-10-19)22-20(25)14-28-15-21(26)23-17-5-4-6-18(13-17)24-11-2-3-12-24/h2-13H,14-15H2,1H3,(H,22,25)(H,23,26). The number of benzene rings is 2. The number of ether oxygens (including phenoxy) is 1. The first kappa shape index (κ1) is 19.6. The maximum absolute atomic E-state index is 12.1. The Bertz CT molecular complexity index is 924. The Morgan fingerprint density at radius 1 is 0.893 bits per heavy atom. The maximum atomic E-state index is 12.1. The summed E-state index contributed by atoms with van der Waals surface area (Å²) in [5.74, 6) is 0.821. The third-order valence-corrected chi connectivity index (χ3v) is 4.81. The molecule has 0 aliphatic heterocycles. The van der Waals surface area contributed by atoms with E-state index in [1.165, 1.54) is 11.8 Å². The molecule has 0 aliphatic carbocycles. The van der Waals surface area contributed by atoms with E-state index in [0.29, 0.717) is 5.69 Å². The Labute approximate surface area is 167 Å². The van der Waals surface area contributed by atoms with Crippen molar-refractivity contribution in [1.82, 2.24) is 4.57 Å². The van der Waals surface area contributed by atoms with E-state index < -0.39 is 0 Å². The molecule has 7 heteroatoms. The van der Waals surface area contributed by atoms with Gasteiger partial charge in [0.05, 0.1) is 18.6 Å². The van der Waals surface area contributed by atoms with Crippen LogP contribution in [0.2, 0.25) is 0 Å². The molecule has 0 spiro atoms. The maximum Gasteiger partial charge on any atom is 0.234 e. The lowest BCUT2D eigenvalue weighted by molar-refractivity contribution is -0.114. The third kappa shape index (κ3) is 5.65. The van der Waals surface area contributed by atoms with Crippen molar-refractivity contribution in [2.45, 2.75) is 0 Å². The van der Waals surface area contributed by atoms with Crippen molar-refractivity contribution >= 4 is 35.0 Å². The van der Waals surface area contributed by atoms with Crippen LogP contribution >= 0.6 is 11.8 Å². The fourth-order valence-electron chi connectivity index (χ4n) is 2.56. The van der Waals surface area contributed by atoms with E-state index in [2.05, 4.69) is 10.6 Å². The summed E-state index contributed by atoms with van der Waals surface area (Å²) >= 11 is 1.26. The number of hydrogen-bond acceptors (Lipinski definition) is 4. The average Bonchev–Trinajstić information content (AvgIpc) is 3.24. The zero-order valence-corrected chi connectivity index (χ0v) is 16.2. The van der Waals surface area contributed by atoms with E-state index in [0.717, 1.165) is 17.1 Å². The molecule has 6 nitrogen and oxygen atoms in total. The minimum Gasteiger partial charge on any atom is -0.497 e. The first-order chi connectivity index (χ1) is 13.6. The highest BCUT2D eigenvalue weighted by Gasteiger charge is 2.07. The molecule has 0 saturated carbocycles. The van der Waals surface area contributed by atoms with Crippen molar-refractivity contribution in [3.05, 3.63) is 73.1 Å². The number of nitrogens with one attached hydrogen (secondary N) is 2. The molecule has 0 fully saturated rings. The Kier molecular flexibility index (Phi) is 6.75. The first-order valence-corrected chi connectivity index (χ1v) is 9.84. The smallest absolute Gasteiger partial charge is 0.234 e. The average molecular weight is 395 g/mol. The Hall–Kier alpha value is -3.19. The summed E-state index contributed by atoms with van der Waals surface area (Å²) in [5, 5.41) is 5.65. The van der Waals surface area contributed by atoms with Crippen LogP contribution < -0.4 is 15.4 Å². The van der Waals surface area contributed by atoms with Gasteiger partial charge in [0, 0.05) is 29.5 Å². The van der Waals surface area contributed by atoms with Crippen LogP contribution in [0.15, 0.2) is 73.1 Å². The van der Waals surface area contributed by atoms with Crippen LogP contribution in [-0.2, 0) is 9.59 Å². The zero-order chi connectivity index (χ0) is 19.8. The van der Waals surface area contributed by atoms with Gasteiger partial charge in [0.1, 0.15) is 5.75 Å². The van der Waals surface area contributed by atoms with Gasteiger partial charge in [-0.05, 0) is 54.6 Å². The Morgan fingerprint density at radius 3 is 2.18 bits per heavy atom. The van der Waals surface area contributed by atoms with Crippen LogP contribution in [0.25, 0.3) is 5.69 Å². The van der Waals surface area contributed by atoms with Crippen molar-refractivity contribution in [2.75, 3.05) is 29.2 Å². The van der Waals surface area contributed by atoms with Crippen molar-refractivity contribution in [3.63, 3.8) is 0 Å². The molecule has 0 radical (unpaired) electrons. The second-order valence-electron chi connectivity index (χ2n) is 5.96. The van der Waals surface area contributed by atoms with Gasteiger partial charge < -0.3 is 19.9 Å². The van der Waals surface area contributed by atoms with E-state index in [9.17, 15) is 9.59 Å². The molecular weight excluding hydrogens is 374 g/mol. The minimum absolute atomic E-state index is 0.146. The van der Waals surface area contributed by atoms with Gasteiger partial charge in [-0.25, -0.2) is 0 Å². The Balaban J connectivity index is 1.43. The van der Waals surface area contributed by atoms with Gasteiger partial charge in [-0.3, -0.25) is 9.59 Å². The number of carbonyl (C=O) groups is 2. The quantitative estimate of drug-likeness (QED) is 0.609. The van der Waals surface area contributed by atoms with E-state index in [1.807, 2.05) is 53.4 Å². The number of aromatic nitrogens is 1. The van der Waals surface area contributed by atoms with Crippen molar-refractivity contribution < 1.29 is 14.3 Å². The summed E-state index contributed by atoms with van der Waals surface area (Å²) in [4.78, 5) is 24.1. The number of thioether (sulfide) groups is 1. The number of nitrogens with zero attached hydrogens (tertiary/aromatic N) is 1. The number of methoxy groups -OCH3 is 1. The minimum atomic E-state index is -0.155. The van der Waals surface area contributed by atoms with Crippen LogP contribution in [-0.4, -0.2) is 35.0 Å². The van der Waals surface area contributed by atoms with Crippen LogP contribution in [0, 0.1) is 0 Å². The molecule has 0 unspecified atom stereocenters. The summed E-state index contributed by atoms with van der Waals surface area (Å²) in [6, 6.07) is 18.6. The molecule has 0 bridgehead atoms. The molecule has 0 atom stereocenters. The van der Waals surface area contributed by atoms with E-state index >= 15 is 0 Å². The molecule has 0 saturated heterocycles. The lowest BCUT2D eigenvalue weighted by atomic mass is 10.2. The fourth-order valence-corrected chi connectivity index (χ4v) is 3.17. The van der Waals surface area contributed by atoms with Crippen LogP contribution in [0.4, 0.5) is 11.4 Å². The van der Waals surface area contributed by atoms with E-state index in [4.69, 9.17) is 4.74 Å². The van der Waals surface area contributed by atoms with Gasteiger partial charge in [0.15, 0.2) is 0 Å².